The van der Waals surface area contributed by atoms with Gasteiger partial charge in [0.1, 0.15) is 18.1 Å². The predicted octanol–water partition coefficient (Wildman–Crippen LogP) is 2.05. The van der Waals surface area contributed by atoms with E-state index in [1.807, 2.05) is 25.1 Å². The number of benzene rings is 2. The van der Waals surface area contributed by atoms with Crippen LogP contribution in [0.15, 0.2) is 36.4 Å². The van der Waals surface area contributed by atoms with Crippen molar-refractivity contribution < 1.29 is 14.4 Å². The fourth-order valence-corrected chi connectivity index (χ4v) is 3.22. The summed E-state index contributed by atoms with van der Waals surface area (Å²) in [5, 5.41) is 10.1. The van der Waals surface area contributed by atoms with E-state index in [2.05, 4.69) is 17.9 Å². The molecule has 0 spiro atoms. The molecule has 3 nitrogen and oxygen atoms in total. The summed E-state index contributed by atoms with van der Waals surface area (Å²) in [7, 11) is 0. The van der Waals surface area contributed by atoms with E-state index < -0.39 is 0 Å². The molecule has 122 valence electrons. The molecule has 2 aromatic rings. The molecule has 1 fully saturated rings. The van der Waals surface area contributed by atoms with E-state index in [-0.39, 0.29) is 5.82 Å². The lowest BCUT2D eigenvalue weighted by molar-refractivity contribution is -0.914. The number of nitrogens with one attached hydrogen (secondary N) is 1. The summed E-state index contributed by atoms with van der Waals surface area (Å²) in [4.78, 5) is 3.54. The molecule has 0 radical (unpaired) electrons. The highest BCUT2D eigenvalue weighted by Gasteiger charge is 2.23. The first kappa shape index (κ1) is 15.8. The van der Waals surface area contributed by atoms with Gasteiger partial charge < -0.3 is 14.9 Å². The predicted molar refractivity (Wildman–Crippen MR) is 90.6 cm³/mol. The Kier molecular flexibility index (Phi) is 4.53. The van der Waals surface area contributed by atoms with E-state index in [0.717, 1.165) is 43.9 Å². The Bertz CT molecular complexity index is 694. The largest absolute Gasteiger partial charge is 0.507 e. The van der Waals surface area contributed by atoms with E-state index in [0.29, 0.717) is 11.4 Å². The zero-order valence-corrected chi connectivity index (χ0v) is 13.8. The van der Waals surface area contributed by atoms with Gasteiger partial charge in [0.15, 0.2) is 0 Å². The molecule has 0 bridgehead atoms. The van der Waals surface area contributed by atoms with Crippen LogP contribution >= 0.6 is 0 Å². The van der Waals surface area contributed by atoms with Crippen LogP contribution in [0.2, 0.25) is 0 Å². The summed E-state index contributed by atoms with van der Waals surface area (Å²) in [6, 6.07) is 10.9. The minimum atomic E-state index is -0.150. The molecule has 0 aliphatic carbocycles. The maximum Gasteiger partial charge on any atom is 0.146 e. The van der Waals surface area contributed by atoms with Crippen molar-refractivity contribution in [2.75, 3.05) is 31.1 Å². The van der Waals surface area contributed by atoms with Crippen molar-refractivity contribution in [3.63, 3.8) is 0 Å². The summed E-state index contributed by atoms with van der Waals surface area (Å²) < 4.78 is 13.9. The Morgan fingerprint density at radius 3 is 2.43 bits per heavy atom. The third kappa shape index (κ3) is 3.48. The second-order valence-electron chi connectivity index (χ2n) is 6.43. The van der Waals surface area contributed by atoms with E-state index >= 15 is 0 Å². The molecule has 1 aliphatic heterocycles. The lowest BCUT2D eigenvalue weighted by atomic mass is 10.0. The first-order valence-electron chi connectivity index (χ1n) is 8.16. The highest BCUT2D eigenvalue weighted by atomic mass is 19.1. The van der Waals surface area contributed by atoms with Gasteiger partial charge in [-0.1, -0.05) is 12.1 Å². The van der Waals surface area contributed by atoms with Gasteiger partial charge in [-0.3, -0.25) is 0 Å². The minimum absolute atomic E-state index is 0.150. The van der Waals surface area contributed by atoms with Gasteiger partial charge in [-0.25, -0.2) is 4.39 Å². The zero-order valence-electron chi connectivity index (χ0n) is 13.8. The molecular formula is C19H24FN2O+. The number of para-hydroxylation sites is 1. The number of nitrogens with zero attached hydrogens (tertiary/aromatic N) is 1. The summed E-state index contributed by atoms with van der Waals surface area (Å²) in [5.41, 5.74) is 4.02. The average molecular weight is 315 g/mol. The molecule has 1 heterocycles. The van der Waals surface area contributed by atoms with Gasteiger partial charge in [-0.15, -0.1) is 0 Å². The first-order chi connectivity index (χ1) is 11.0. The molecule has 4 heteroatoms. The van der Waals surface area contributed by atoms with Gasteiger partial charge in [0.2, 0.25) is 0 Å². The number of halogens is 1. The number of hydrogen-bond acceptors (Lipinski definition) is 2. The molecular weight excluding hydrogens is 291 g/mol. The first-order valence-corrected chi connectivity index (χ1v) is 8.16. The molecule has 0 unspecified atom stereocenters. The number of anilines is 1. The normalized spacial score (nSPS) is 15.9. The number of aromatic hydroxyl groups is 1. The smallest absolute Gasteiger partial charge is 0.146 e. The molecule has 2 aromatic carbocycles. The third-order valence-electron chi connectivity index (χ3n) is 4.80. The minimum Gasteiger partial charge on any atom is -0.507 e. The van der Waals surface area contributed by atoms with Crippen molar-refractivity contribution in [2.45, 2.75) is 20.4 Å². The highest BCUT2D eigenvalue weighted by molar-refractivity contribution is 5.47. The topological polar surface area (TPSA) is 27.9 Å². The van der Waals surface area contributed by atoms with E-state index in [4.69, 9.17) is 0 Å². The lowest BCUT2D eigenvalue weighted by Crippen LogP contribution is -3.13. The molecule has 0 amide bonds. The lowest BCUT2D eigenvalue weighted by Gasteiger charge is -2.34. The second kappa shape index (κ2) is 6.59. The maximum absolute atomic E-state index is 13.9. The highest BCUT2D eigenvalue weighted by Crippen LogP contribution is 2.21. The summed E-state index contributed by atoms with van der Waals surface area (Å²) in [5.74, 6) is 0.236. The fourth-order valence-electron chi connectivity index (χ4n) is 3.22. The van der Waals surface area contributed by atoms with Gasteiger partial charge in [-0.2, -0.15) is 0 Å². The fraction of sp³-hybridized carbons (Fsp3) is 0.368. The molecule has 23 heavy (non-hydrogen) atoms. The molecule has 1 saturated heterocycles. The summed E-state index contributed by atoms with van der Waals surface area (Å²) >= 11 is 0. The van der Waals surface area contributed by atoms with Crippen molar-refractivity contribution in [1.29, 1.82) is 0 Å². The van der Waals surface area contributed by atoms with Crippen molar-refractivity contribution in [1.82, 2.24) is 0 Å². The van der Waals surface area contributed by atoms with Gasteiger partial charge >= 0.3 is 0 Å². The Labute approximate surface area is 137 Å². The Morgan fingerprint density at radius 2 is 1.74 bits per heavy atom. The Morgan fingerprint density at radius 1 is 1.09 bits per heavy atom. The van der Waals surface area contributed by atoms with Crippen molar-refractivity contribution in [3.05, 3.63) is 58.9 Å². The van der Waals surface area contributed by atoms with Crippen LogP contribution < -0.4 is 9.80 Å². The van der Waals surface area contributed by atoms with Crippen LogP contribution in [0, 0.1) is 19.7 Å². The summed E-state index contributed by atoms with van der Waals surface area (Å²) in [6.45, 7) is 8.46. The van der Waals surface area contributed by atoms with Crippen LogP contribution in [0.1, 0.15) is 16.7 Å². The van der Waals surface area contributed by atoms with E-state index in [9.17, 15) is 9.50 Å². The monoisotopic (exact) mass is 315 g/mol. The Balaban J connectivity index is 1.64. The van der Waals surface area contributed by atoms with Crippen LogP contribution in [0.25, 0.3) is 0 Å². The van der Waals surface area contributed by atoms with Crippen molar-refractivity contribution >= 4 is 5.69 Å². The standard InChI is InChI=1S/C19H23FN2O/c1-14-11-16(19(23)12-15(14)2)13-21-7-9-22(10-8-21)18-6-4-3-5-17(18)20/h3-6,11-12,23H,7-10,13H2,1-2H3/p+1. The SMILES string of the molecule is Cc1cc(O)c(C[NH+]2CCN(c3ccccc3F)CC2)cc1C. The quantitative estimate of drug-likeness (QED) is 0.907. The maximum atomic E-state index is 13.9. The third-order valence-corrected chi connectivity index (χ3v) is 4.80. The van der Waals surface area contributed by atoms with Crippen molar-refractivity contribution in [2.24, 2.45) is 0 Å². The molecule has 1 aliphatic rings. The summed E-state index contributed by atoms with van der Waals surface area (Å²) in [6.07, 6.45) is 0. The number of rotatable bonds is 3. The number of quaternary nitrogens is 1. The molecule has 3 rings (SSSR count). The second-order valence-corrected chi connectivity index (χ2v) is 6.43. The molecule has 2 N–H and O–H groups in total. The van der Waals surface area contributed by atoms with E-state index in [1.54, 1.807) is 6.07 Å². The van der Waals surface area contributed by atoms with Gasteiger partial charge in [0, 0.05) is 5.56 Å². The molecule has 0 saturated carbocycles. The molecule has 0 atom stereocenters. The Hall–Kier alpha value is -2.07. The average Bonchev–Trinajstić information content (AvgIpc) is 2.54. The van der Waals surface area contributed by atoms with Gasteiger partial charge in [-0.05, 0) is 49.2 Å². The van der Waals surface area contributed by atoms with Crippen molar-refractivity contribution in [3.8, 4) is 5.75 Å². The number of hydrogen-bond donors (Lipinski definition) is 2. The van der Waals surface area contributed by atoms with Crippen LogP contribution in [-0.4, -0.2) is 31.3 Å². The number of phenolic OH excluding ortho intramolecular Hbond substituents is 1. The van der Waals surface area contributed by atoms with Crippen LogP contribution in [0.3, 0.4) is 0 Å². The van der Waals surface area contributed by atoms with Crippen LogP contribution in [0.4, 0.5) is 10.1 Å². The number of phenols is 1. The van der Waals surface area contributed by atoms with Crippen LogP contribution in [-0.2, 0) is 6.54 Å². The number of aryl methyl sites for hydroxylation is 2. The van der Waals surface area contributed by atoms with Gasteiger partial charge in [0.05, 0.1) is 31.9 Å². The molecule has 0 aromatic heterocycles. The van der Waals surface area contributed by atoms with E-state index in [1.165, 1.54) is 16.5 Å². The number of piperazine rings is 1. The van der Waals surface area contributed by atoms with Crippen LogP contribution in [0.5, 0.6) is 5.75 Å². The zero-order chi connectivity index (χ0) is 16.4. The van der Waals surface area contributed by atoms with Gasteiger partial charge in [0.25, 0.3) is 0 Å².